The van der Waals surface area contributed by atoms with E-state index in [0.29, 0.717) is 6.54 Å². The average Bonchev–Trinajstić information content (AvgIpc) is 1.78. The maximum absolute atomic E-state index is 6.90. The molecule has 1 radical (unpaired) electrons. The third kappa shape index (κ3) is 8.14. The zero-order chi connectivity index (χ0) is 8.04. The minimum absolute atomic E-state index is 0.0499. The van der Waals surface area contributed by atoms with Crippen molar-refractivity contribution >= 4 is 9.76 Å². The molecule has 0 amide bonds. The summed E-state index contributed by atoms with van der Waals surface area (Å²) >= 11 is 0. The maximum atomic E-state index is 6.90. The van der Waals surface area contributed by atoms with Crippen LogP contribution in [0.15, 0.2) is 0 Å². The minimum Gasteiger partial charge on any atom is -0.419 e. The Hall–Kier alpha value is 0.137. The highest BCUT2D eigenvalue weighted by atomic mass is 28.2. The molecule has 0 aliphatic heterocycles. The summed E-state index contributed by atoms with van der Waals surface area (Å²) in [6.07, 6.45) is 1.02. The van der Waals surface area contributed by atoms with Crippen LogP contribution in [0, 0.1) is 0 Å². The molecule has 3 heteroatoms. The molecule has 0 rings (SSSR count). The summed E-state index contributed by atoms with van der Waals surface area (Å²) in [5.41, 5.74) is 6.95. The van der Waals surface area contributed by atoms with Gasteiger partial charge >= 0.3 is 0 Å². The summed E-state index contributed by atoms with van der Waals surface area (Å²) in [4.78, 5) is 0. The van der Waals surface area contributed by atoms with Gasteiger partial charge in [-0.3, -0.25) is 5.73 Å². The summed E-state index contributed by atoms with van der Waals surface area (Å²) < 4.78 is 5.59. The molecule has 0 aliphatic carbocycles. The van der Waals surface area contributed by atoms with E-state index in [-0.39, 0.29) is 15.4 Å². The van der Waals surface area contributed by atoms with Gasteiger partial charge in [-0.15, -0.1) is 0 Å². The van der Waals surface area contributed by atoms with Crippen molar-refractivity contribution in [2.75, 3.05) is 6.54 Å². The first-order chi connectivity index (χ1) is 4.56. The second-order valence-corrected chi connectivity index (χ2v) is 4.82. The van der Waals surface area contributed by atoms with Crippen LogP contribution in [-0.2, 0) is 4.43 Å². The zero-order valence-electron chi connectivity index (χ0n) is 7.24. The number of hydrogen-bond donors (Lipinski definition) is 0. The van der Waals surface area contributed by atoms with Crippen LogP contribution in [0.1, 0.15) is 27.2 Å². The van der Waals surface area contributed by atoms with Gasteiger partial charge in [0.05, 0.1) is 0 Å². The Bertz CT molecular complexity index is 80.2. The quantitative estimate of drug-likeness (QED) is 0.446. The van der Waals surface area contributed by atoms with Crippen LogP contribution >= 0.6 is 0 Å². The molecule has 0 aromatic carbocycles. The second-order valence-electron chi connectivity index (χ2n) is 3.42. The fraction of sp³-hybridized carbons (Fsp3) is 1.00. The summed E-state index contributed by atoms with van der Waals surface area (Å²) in [6, 6.07) is 1.15. The molecular weight excluding hydrogens is 142 g/mol. The van der Waals surface area contributed by atoms with Gasteiger partial charge in [0, 0.05) is 12.1 Å². The molecule has 0 heterocycles. The minimum atomic E-state index is -0.324. The molecule has 0 saturated heterocycles. The molecule has 0 aliphatic rings. The Kier molecular flexibility index (Phi) is 4.94. The van der Waals surface area contributed by atoms with Crippen molar-refractivity contribution in [2.24, 2.45) is 0 Å². The predicted octanol–water partition coefficient (Wildman–Crippen LogP) is 0.977. The monoisotopic (exact) mass is 160 g/mol. The number of rotatable bonds is 4. The Morgan fingerprint density at radius 3 is 2.40 bits per heavy atom. The van der Waals surface area contributed by atoms with Crippen LogP contribution in [0.3, 0.4) is 0 Å². The van der Waals surface area contributed by atoms with Gasteiger partial charge in [-0.05, 0) is 33.2 Å². The zero-order valence-corrected chi connectivity index (χ0v) is 8.65. The van der Waals surface area contributed by atoms with Crippen molar-refractivity contribution in [1.82, 2.24) is 5.73 Å². The second kappa shape index (κ2) is 4.88. The number of hydrogen-bond acceptors (Lipinski definition) is 1. The van der Waals surface area contributed by atoms with E-state index in [1.807, 2.05) is 0 Å². The highest BCUT2D eigenvalue weighted by Gasteiger charge is 2.07. The normalized spacial score (nSPS) is 13.2. The third-order valence-electron chi connectivity index (χ3n) is 1.11. The third-order valence-corrected chi connectivity index (χ3v) is 2.97. The lowest BCUT2D eigenvalue weighted by atomic mass is 10.2. The molecule has 0 fully saturated rings. The van der Waals surface area contributed by atoms with Gasteiger partial charge in [0.15, 0.2) is 9.76 Å². The molecule has 0 atom stereocenters. The van der Waals surface area contributed by atoms with Crippen LogP contribution in [0.4, 0.5) is 0 Å². The molecule has 0 saturated carbocycles. The van der Waals surface area contributed by atoms with E-state index in [1.165, 1.54) is 0 Å². The van der Waals surface area contributed by atoms with Gasteiger partial charge in [0.1, 0.15) is 0 Å². The molecular formula is C7H18NOSi. The smallest absolute Gasteiger partial charge is 0.162 e. The molecule has 61 valence electrons. The summed E-state index contributed by atoms with van der Waals surface area (Å²) in [5, 5.41) is 0. The highest BCUT2D eigenvalue weighted by molar-refractivity contribution is 6.27. The molecule has 0 aromatic heterocycles. The lowest BCUT2D eigenvalue weighted by Crippen LogP contribution is -2.21. The van der Waals surface area contributed by atoms with Crippen LogP contribution in [-0.4, -0.2) is 21.9 Å². The lowest BCUT2D eigenvalue weighted by molar-refractivity contribution is 0.138. The van der Waals surface area contributed by atoms with Gasteiger partial charge in [-0.25, -0.2) is 0 Å². The first-order valence-corrected chi connectivity index (χ1v) is 5.42. The SMILES string of the molecule is CC(C)(C)O[SiH2]CCC[NH]. The van der Waals surface area contributed by atoms with Crippen molar-refractivity contribution in [2.45, 2.75) is 38.8 Å². The summed E-state index contributed by atoms with van der Waals surface area (Å²) in [7, 11) is -0.324. The molecule has 0 unspecified atom stereocenters. The lowest BCUT2D eigenvalue weighted by Gasteiger charge is -2.19. The van der Waals surface area contributed by atoms with Gasteiger partial charge in [-0.1, -0.05) is 0 Å². The average molecular weight is 160 g/mol. The standard InChI is InChI=1S/C7H18NOSi/c1-7(2,3)9-10-6-4-5-8/h8H,4-6,10H2,1-3H3. The molecule has 10 heavy (non-hydrogen) atoms. The Labute approximate surface area is 66.1 Å². The summed E-state index contributed by atoms with van der Waals surface area (Å²) in [5.74, 6) is 0. The maximum Gasteiger partial charge on any atom is 0.162 e. The molecule has 0 bridgehead atoms. The fourth-order valence-electron chi connectivity index (χ4n) is 0.605. The molecule has 0 spiro atoms. The van der Waals surface area contributed by atoms with Gasteiger partial charge in [0.2, 0.25) is 0 Å². The van der Waals surface area contributed by atoms with Crippen molar-refractivity contribution in [1.29, 1.82) is 0 Å². The van der Waals surface area contributed by atoms with Crippen molar-refractivity contribution in [3.63, 3.8) is 0 Å². The molecule has 2 nitrogen and oxygen atoms in total. The largest absolute Gasteiger partial charge is 0.419 e. The molecule has 1 N–H and O–H groups in total. The topological polar surface area (TPSA) is 33.0 Å². The van der Waals surface area contributed by atoms with E-state index >= 15 is 0 Å². The van der Waals surface area contributed by atoms with Crippen LogP contribution in [0.25, 0.3) is 0 Å². The van der Waals surface area contributed by atoms with Gasteiger partial charge < -0.3 is 4.43 Å². The van der Waals surface area contributed by atoms with E-state index in [0.717, 1.165) is 12.5 Å². The van der Waals surface area contributed by atoms with Crippen LogP contribution < -0.4 is 5.73 Å². The van der Waals surface area contributed by atoms with E-state index < -0.39 is 0 Å². The first kappa shape index (κ1) is 10.1. The van der Waals surface area contributed by atoms with Crippen LogP contribution in [0.2, 0.25) is 6.04 Å². The number of nitrogens with one attached hydrogen (secondary N) is 1. The fourth-order valence-corrected chi connectivity index (χ4v) is 1.82. The van der Waals surface area contributed by atoms with Crippen molar-refractivity contribution in [3.05, 3.63) is 0 Å². The van der Waals surface area contributed by atoms with Crippen molar-refractivity contribution in [3.8, 4) is 0 Å². The van der Waals surface area contributed by atoms with E-state index in [9.17, 15) is 0 Å². The van der Waals surface area contributed by atoms with E-state index in [2.05, 4.69) is 20.8 Å². The Morgan fingerprint density at radius 1 is 1.40 bits per heavy atom. The van der Waals surface area contributed by atoms with Crippen LogP contribution in [0.5, 0.6) is 0 Å². The highest BCUT2D eigenvalue weighted by Crippen LogP contribution is 2.06. The predicted molar refractivity (Wildman–Crippen MR) is 46.8 cm³/mol. The summed E-state index contributed by atoms with van der Waals surface area (Å²) in [6.45, 7) is 6.81. The van der Waals surface area contributed by atoms with Crippen molar-refractivity contribution < 1.29 is 4.43 Å². The van der Waals surface area contributed by atoms with E-state index in [1.54, 1.807) is 0 Å². The Morgan fingerprint density at radius 2 is 2.00 bits per heavy atom. The first-order valence-electron chi connectivity index (χ1n) is 3.85. The van der Waals surface area contributed by atoms with Gasteiger partial charge in [0.25, 0.3) is 0 Å². The molecule has 0 aromatic rings. The Balaban J connectivity index is 3.04. The van der Waals surface area contributed by atoms with Gasteiger partial charge in [-0.2, -0.15) is 0 Å². The van der Waals surface area contributed by atoms with E-state index in [4.69, 9.17) is 10.2 Å².